The number of aromatic nitrogens is 2. The lowest BCUT2D eigenvalue weighted by Crippen LogP contribution is -2.36. The van der Waals surface area contributed by atoms with E-state index in [1.165, 1.54) is 24.0 Å². The normalized spacial score (nSPS) is 14.7. The second-order valence-electron chi connectivity index (χ2n) is 4.00. The molecule has 0 bridgehead atoms. The molecule has 11 heteroatoms. The van der Waals surface area contributed by atoms with Crippen molar-refractivity contribution in [1.29, 1.82) is 0 Å². The summed E-state index contributed by atoms with van der Waals surface area (Å²) in [6, 6.07) is 1.57. The smallest absolute Gasteiger partial charge is 0.340 e. The minimum absolute atomic E-state index is 0.0504. The Morgan fingerprint density at radius 2 is 1.79 bits per heavy atom. The van der Waals surface area contributed by atoms with E-state index in [9.17, 15) is 14.2 Å². The molecule has 0 spiro atoms. The van der Waals surface area contributed by atoms with Crippen LogP contribution >= 0.6 is 15.2 Å². The molecule has 1 aromatic heterocycles. The van der Waals surface area contributed by atoms with Crippen molar-refractivity contribution in [3.63, 3.8) is 0 Å². The Balaban J connectivity index is 3.02. The van der Waals surface area contributed by atoms with Gasteiger partial charge in [-0.3, -0.25) is 9.13 Å². The highest BCUT2D eigenvalue weighted by Crippen LogP contribution is 2.62. The summed E-state index contributed by atoms with van der Waals surface area (Å²) in [5.41, 5.74) is 0. The molecule has 0 aliphatic carbocycles. The third-order valence-electron chi connectivity index (χ3n) is 2.47. The van der Waals surface area contributed by atoms with Gasteiger partial charge in [-0.25, -0.2) is 4.57 Å². The topological polar surface area (TPSA) is 152 Å². The summed E-state index contributed by atoms with van der Waals surface area (Å²) in [6.45, 7) is 0. The Labute approximate surface area is 108 Å². The SMILES string of the molecule is C[n+]1cccnc1C(O)CC(P(=O)(O)O)P(=O)(O)O. The fourth-order valence-electron chi connectivity index (χ4n) is 1.55. The Kier molecular flexibility index (Phi) is 4.97. The maximum absolute atomic E-state index is 11.1. The van der Waals surface area contributed by atoms with Crippen molar-refractivity contribution in [3.05, 3.63) is 24.3 Å². The maximum Gasteiger partial charge on any atom is 0.340 e. The fraction of sp³-hybridized carbons (Fsp3) is 0.500. The molecule has 0 saturated carbocycles. The fourth-order valence-corrected chi connectivity index (χ4v) is 4.07. The number of aryl methyl sites for hydroxylation is 1. The van der Waals surface area contributed by atoms with Crippen molar-refractivity contribution in [2.24, 2.45) is 7.05 Å². The van der Waals surface area contributed by atoms with E-state index in [2.05, 4.69) is 4.98 Å². The van der Waals surface area contributed by atoms with Crippen LogP contribution in [0.4, 0.5) is 0 Å². The van der Waals surface area contributed by atoms with Gasteiger partial charge in [0.2, 0.25) is 0 Å². The molecule has 9 nitrogen and oxygen atoms in total. The first-order valence-corrected chi connectivity index (χ1v) is 8.49. The molecule has 1 rings (SSSR count). The number of hydrogen-bond acceptors (Lipinski definition) is 4. The van der Waals surface area contributed by atoms with Gasteiger partial charge in [-0.1, -0.05) is 4.98 Å². The van der Waals surface area contributed by atoms with Gasteiger partial charge in [0.15, 0.2) is 11.5 Å². The van der Waals surface area contributed by atoms with E-state index in [4.69, 9.17) is 19.6 Å². The molecule has 1 heterocycles. The van der Waals surface area contributed by atoms with Crippen LogP contribution in [0.5, 0.6) is 0 Å². The molecule has 0 fully saturated rings. The molecule has 0 radical (unpaired) electrons. The largest absolute Gasteiger partial charge is 0.380 e. The lowest BCUT2D eigenvalue weighted by molar-refractivity contribution is -0.686. The van der Waals surface area contributed by atoms with Gasteiger partial charge in [0, 0.05) is 12.5 Å². The van der Waals surface area contributed by atoms with Crippen molar-refractivity contribution in [2.45, 2.75) is 17.9 Å². The van der Waals surface area contributed by atoms with Crippen molar-refractivity contribution >= 4 is 15.2 Å². The number of nitrogens with zero attached hydrogens (tertiary/aromatic N) is 2. The Hall–Kier alpha value is -0.660. The minimum atomic E-state index is -5.05. The van der Waals surface area contributed by atoms with Crippen LogP contribution < -0.4 is 4.57 Å². The van der Waals surface area contributed by atoms with E-state index in [0.29, 0.717) is 0 Å². The third kappa shape index (κ3) is 4.43. The van der Waals surface area contributed by atoms with E-state index < -0.39 is 33.1 Å². The standard InChI is InChI=1S/C8H14N2O7P2/c1-10-4-2-3-9-8(10)6(11)5-7(18(12,13)14)19(15,16)17/h2-4,6-7,11H,5H2,1H3,(H3-,12,13,14,15,16,17)/p+1. The highest BCUT2D eigenvalue weighted by atomic mass is 31.2. The molecule has 1 aromatic rings. The van der Waals surface area contributed by atoms with Crippen LogP contribution in [0, 0.1) is 0 Å². The van der Waals surface area contributed by atoms with E-state index in [1.807, 2.05) is 0 Å². The molecule has 0 amide bonds. The van der Waals surface area contributed by atoms with Crippen molar-refractivity contribution in [3.8, 4) is 0 Å². The molecule has 0 aliphatic rings. The summed E-state index contributed by atoms with van der Waals surface area (Å²) in [6.07, 6.45) is 0.591. The number of hydrogen-bond donors (Lipinski definition) is 5. The predicted molar refractivity (Wildman–Crippen MR) is 62.9 cm³/mol. The third-order valence-corrected chi connectivity index (χ3v) is 6.25. The first-order valence-electron chi connectivity index (χ1n) is 5.12. The predicted octanol–water partition coefficient (Wildman–Crippen LogP) is -0.989. The lowest BCUT2D eigenvalue weighted by atomic mass is 10.2. The molecule has 108 valence electrons. The van der Waals surface area contributed by atoms with Gasteiger partial charge >= 0.3 is 21.0 Å². The highest BCUT2D eigenvalue weighted by Gasteiger charge is 2.45. The van der Waals surface area contributed by atoms with Gasteiger partial charge in [-0.05, 0) is 0 Å². The molecule has 19 heavy (non-hydrogen) atoms. The van der Waals surface area contributed by atoms with Crippen molar-refractivity contribution in [2.75, 3.05) is 0 Å². The second kappa shape index (κ2) is 5.76. The Morgan fingerprint density at radius 3 is 2.21 bits per heavy atom. The van der Waals surface area contributed by atoms with E-state index in [1.54, 1.807) is 6.07 Å². The molecule has 0 saturated heterocycles. The summed E-state index contributed by atoms with van der Waals surface area (Å²) in [7, 11) is -8.56. The summed E-state index contributed by atoms with van der Waals surface area (Å²) in [5.74, 6) is 0.0504. The van der Waals surface area contributed by atoms with Crippen LogP contribution in [0.2, 0.25) is 0 Å². The molecule has 5 N–H and O–H groups in total. The zero-order chi connectivity index (χ0) is 14.8. The van der Waals surface area contributed by atoms with Gasteiger partial charge < -0.3 is 24.7 Å². The molecule has 1 unspecified atom stereocenters. The van der Waals surface area contributed by atoms with E-state index in [-0.39, 0.29) is 5.82 Å². The second-order valence-corrected chi connectivity index (χ2v) is 8.01. The van der Waals surface area contributed by atoms with Crippen LogP contribution in [0.25, 0.3) is 0 Å². The number of rotatable bonds is 5. The van der Waals surface area contributed by atoms with Crippen molar-refractivity contribution in [1.82, 2.24) is 4.98 Å². The summed E-state index contributed by atoms with van der Waals surface area (Å²) in [4.78, 5) is 39.6. The van der Waals surface area contributed by atoms with Crippen LogP contribution in [0.3, 0.4) is 0 Å². The van der Waals surface area contributed by atoms with E-state index >= 15 is 0 Å². The zero-order valence-electron chi connectivity index (χ0n) is 9.94. The van der Waals surface area contributed by atoms with Gasteiger partial charge in [0.05, 0.1) is 13.2 Å². The molecule has 0 aromatic carbocycles. The van der Waals surface area contributed by atoms with Gasteiger partial charge in [-0.15, -0.1) is 0 Å². The molecule has 0 aliphatic heterocycles. The number of aliphatic hydroxyl groups is 1. The average Bonchev–Trinajstić information content (AvgIpc) is 2.23. The molecular formula is C8H15N2O7P2+. The highest BCUT2D eigenvalue weighted by molar-refractivity contribution is 7.70. The van der Waals surface area contributed by atoms with Crippen LogP contribution in [0.1, 0.15) is 18.3 Å². The first-order chi connectivity index (χ1) is 8.53. The van der Waals surface area contributed by atoms with Crippen LogP contribution in [0.15, 0.2) is 18.5 Å². The van der Waals surface area contributed by atoms with Gasteiger partial charge in [0.1, 0.15) is 6.20 Å². The van der Waals surface area contributed by atoms with Gasteiger partial charge in [-0.2, -0.15) is 0 Å². The Morgan fingerprint density at radius 1 is 1.26 bits per heavy atom. The maximum atomic E-state index is 11.1. The summed E-state index contributed by atoms with van der Waals surface area (Å²) < 4.78 is 23.6. The molecular weight excluding hydrogens is 298 g/mol. The first kappa shape index (κ1) is 16.4. The summed E-state index contributed by atoms with van der Waals surface area (Å²) >= 11 is 0. The number of aliphatic hydroxyl groups excluding tert-OH is 1. The molecule has 1 atom stereocenters. The quantitative estimate of drug-likeness (QED) is 0.343. The summed E-state index contributed by atoms with van der Waals surface area (Å²) in [5, 5.41) is 7.58. The van der Waals surface area contributed by atoms with Crippen LogP contribution in [-0.2, 0) is 16.2 Å². The van der Waals surface area contributed by atoms with Gasteiger partial charge in [0.25, 0.3) is 0 Å². The minimum Gasteiger partial charge on any atom is -0.380 e. The Bertz CT molecular complexity index is 518. The van der Waals surface area contributed by atoms with Crippen molar-refractivity contribution < 1.29 is 38.4 Å². The average molecular weight is 313 g/mol. The van der Waals surface area contributed by atoms with E-state index in [0.717, 1.165) is 0 Å². The van der Waals surface area contributed by atoms with Crippen LogP contribution in [-0.4, -0.2) is 35.1 Å². The lowest BCUT2D eigenvalue weighted by Gasteiger charge is -2.20. The zero-order valence-corrected chi connectivity index (χ0v) is 11.7. The monoisotopic (exact) mass is 313 g/mol.